The van der Waals surface area contributed by atoms with Crippen molar-refractivity contribution in [3.63, 3.8) is 0 Å². The summed E-state index contributed by atoms with van der Waals surface area (Å²) in [5.41, 5.74) is 4.34. The lowest BCUT2D eigenvalue weighted by Gasteiger charge is -2.15. The minimum atomic E-state index is 0.0358. The summed E-state index contributed by atoms with van der Waals surface area (Å²) in [6, 6.07) is 14.5. The van der Waals surface area contributed by atoms with Gasteiger partial charge in [-0.3, -0.25) is 9.69 Å². The van der Waals surface area contributed by atoms with Crippen LogP contribution in [0, 0.1) is 13.8 Å². The molecule has 2 aromatic rings. The molecule has 138 valence electrons. The number of carbonyl (C=O) groups is 1. The van der Waals surface area contributed by atoms with Gasteiger partial charge in [0, 0.05) is 18.5 Å². The quantitative estimate of drug-likeness (QED) is 0.647. The van der Waals surface area contributed by atoms with Crippen molar-refractivity contribution >= 4 is 46.0 Å². The Morgan fingerprint density at radius 3 is 2.59 bits per heavy atom. The molecule has 2 aromatic carbocycles. The number of anilines is 1. The van der Waals surface area contributed by atoms with Crippen LogP contribution in [0.2, 0.25) is 0 Å². The highest BCUT2D eigenvalue weighted by molar-refractivity contribution is 8.19. The van der Waals surface area contributed by atoms with Gasteiger partial charge in [0.15, 0.2) is 5.17 Å². The van der Waals surface area contributed by atoms with Gasteiger partial charge in [-0.05, 0) is 61.9 Å². The summed E-state index contributed by atoms with van der Waals surface area (Å²) in [7, 11) is 2.02. The predicted molar refractivity (Wildman–Crippen MR) is 116 cm³/mol. The molecule has 0 saturated carbocycles. The van der Waals surface area contributed by atoms with E-state index in [0.29, 0.717) is 6.54 Å². The molecule has 27 heavy (non-hydrogen) atoms. The Morgan fingerprint density at radius 1 is 1.07 bits per heavy atom. The Labute approximate surface area is 168 Å². The maximum atomic E-state index is 13.1. The van der Waals surface area contributed by atoms with Crippen LogP contribution in [0.4, 0.5) is 11.4 Å². The zero-order valence-electron chi connectivity index (χ0n) is 15.8. The first-order chi connectivity index (χ1) is 13.0. The lowest BCUT2D eigenvalue weighted by atomic mass is 10.1. The van der Waals surface area contributed by atoms with Crippen molar-refractivity contribution in [2.75, 3.05) is 18.5 Å². The molecule has 0 aromatic heterocycles. The number of para-hydroxylation sites is 1. The van der Waals surface area contributed by atoms with Crippen molar-refractivity contribution in [1.29, 1.82) is 0 Å². The van der Waals surface area contributed by atoms with Gasteiger partial charge in [-0.1, -0.05) is 36.0 Å². The number of nitrogens with zero attached hydrogens (tertiary/aromatic N) is 3. The molecule has 0 spiro atoms. The van der Waals surface area contributed by atoms with Gasteiger partial charge in [0.1, 0.15) is 4.91 Å². The predicted octanol–water partition coefficient (Wildman–Crippen LogP) is 5.30. The van der Waals surface area contributed by atoms with Crippen molar-refractivity contribution in [3.05, 3.63) is 63.5 Å². The summed E-state index contributed by atoms with van der Waals surface area (Å²) in [6.45, 7) is 6.70. The highest BCUT2D eigenvalue weighted by Gasteiger charge is 2.38. The van der Waals surface area contributed by atoms with Crippen LogP contribution in [0.1, 0.15) is 18.1 Å². The topological polar surface area (TPSA) is 35.9 Å². The summed E-state index contributed by atoms with van der Waals surface area (Å²) in [5, 5.41) is 1.74. The molecule has 4 rings (SSSR count). The van der Waals surface area contributed by atoms with Crippen LogP contribution in [0.5, 0.6) is 0 Å². The maximum absolute atomic E-state index is 13.1. The van der Waals surface area contributed by atoms with Crippen LogP contribution in [0.15, 0.2) is 62.3 Å². The Morgan fingerprint density at radius 2 is 1.85 bits per heavy atom. The number of amides is 1. The molecule has 0 N–H and O–H groups in total. The van der Waals surface area contributed by atoms with E-state index in [1.807, 2.05) is 33.0 Å². The van der Waals surface area contributed by atoms with Gasteiger partial charge in [-0.15, -0.1) is 0 Å². The number of amidine groups is 1. The van der Waals surface area contributed by atoms with E-state index in [2.05, 4.69) is 42.2 Å². The SMILES string of the molecule is CCN1C(=O)C(=C2Sc3ccccc3N2C)SC1=Nc1cc(C)ccc1C. The number of aryl methyl sites for hydroxylation is 2. The lowest BCUT2D eigenvalue weighted by molar-refractivity contribution is -0.122. The normalized spacial score (nSPS) is 20.7. The van der Waals surface area contributed by atoms with E-state index < -0.39 is 0 Å². The van der Waals surface area contributed by atoms with Crippen LogP contribution in [-0.4, -0.2) is 29.6 Å². The number of rotatable bonds is 2. The van der Waals surface area contributed by atoms with Crippen LogP contribution in [0.3, 0.4) is 0 Å². The molecular formula is C21H21N3OS2. The molecule has 0 unspecified atom stereocenters. The highest BCUT2D eigenvalue weighted by atomic mass is 32.2. The molecule has 0 aliphatic carbocycles. The van der Waals surface area contributed by atoms with Gasteiger partial charge in [-0.25, -0.2) is 4.99 Å². The maximum Gasteiger partial charge on any atom is 0.269 e. The third kappa shape index (κ3) is 3.17. The molecule has 1 amide bonds. The highest BCUT2D eigenvalue weighted by Crippen LogP contribution is 2.49. The standard InChI is InChI=1S/C21H21N3OS2/c1-5-24-19(25)18(20-23(4)16-8-6-7-9-17(16)26-20)27-21(24)22-15-12-13(2)10-11-14(15)3/h6-12H,5H2,1-4H3. The summed E-state index contributed by atoms with van der Waals surface area (Å²) >= 11 is 3.13. The van der Waals surface area contributed by atoms with E-state index in [4.69, 9.17) is 4.99 Å². The minimum Gasteiger partial charge on any atom is -0.337 e. The van der Waals surface area contributed by atoms with Crippen molar-refractivity contribution in [3.8, 4) is 0 Å². The number of likely N-dealkylation sites (N-methyl/N-ethyl adjacent to an activating group) is 1. The van der Waals surface area contributed by atoms with Crippen molar-refractivity contribution in [2.24, 2.45) is 4.99 Å². The summed E-state index contributed by atoms with van der Waals surface area (Å²) in [6.07, 6.45) is 0. The molecule has 0 bridgehead atoms. The van der Waals surface area contributed by atoms with Gasteiger partial charge in [-0.2, -0.15) is 0 Å². The molecule has 2 aliphatic heterocycles. The zero-order chi connectivity index (χ0) is 19.1. The second-order valence-electron chi connectivity index (χ2n) is 6.60. The van der Waals surface area contributed by atoms with E-state index in [9.17, 15) is 4.79 Å². The Bertz CT molecular complexity index is 997. The average molecular weight is 396 g/mol. The fourth-order valence-corrected chi connectivity index (χ4v) is 5.54. The van der Waals surface area contributed by atoms with Gasteiger partial charge >= 0.3 is 0 Å². The molecule has 4 nitrogen and oxygen atoms in total. The van der Waals surface area contributed by atoms with Gasteiger partial charge in [0.25, 0.3) is 5.91 Å². The Balaban J connectivity index is 1.75. The Kier molecular flexibility index (Phi) is 4.78. The number of benzene rings is 2. The van der Waals surface area contributed by atoms with Crippen molar-refractivity contribution < 1.29 is 4.79 Å². The number of hydrogen-bond acceptors (Lipinski definition) is 5. The number of aliphatic imine (C=N–C) groups is 1. The first-order valence-electron chi connectivity index (χ1n) is 8.90. The molecule has 6 heteroatoms. The van der Waals surface area contributed by atoms with Crippen LogP contribution >= 0.6 is 23.5 Å². The number of carbonyl (C=O) groups excluding carboxylic acids is 1. The van der Waals surface area contributed by atoms with Crippen LogP contribution in [-0.2, 0) is 4.79 Å². The summed E-state index contributed by atoms with van der Waals surface area (Å²) in [5.74, 6) is 0.0358. The van der Waals surface area contributed by atoms with E-state index in [1.165, 1.54) is 16.7 Å². The largest absolute Gasteiger partial charge is 0.337 e. The summed E-state index contributed by atoms with van der Waals surface area (Å²) < 4.78 is 0. The first-order valence-corrected chi connectivity index (χ1v) is 10.5. The molecule has 2 aliphatic rings. The zero-order valence-corrected chi connectivity index (χ0v) is 17.4. The molecule has 0 atom stereocenters. The van der Waals surface area contributed by atoms with Crippen LogP contribution < -0.4 is 4.90 Å². The number of hydrogen-bond donors (Lipinski definition) is 0. The molecule has 1 saturated heterocycles. The summed E-state index contributed by atoms with van der Waals surface area (Å²) in [4.78, 5) is 23.7. The van der Waals surface area contributed by atoms with E-state index in [0.717, 1.165) is 37.6 Å². The number of thioether (sulfide) groups is 2. The monoisotopic (exact) mass is 395 g/mol. The first kappa shape index (κ1) is 18.2. The van der Waals surface area contributed by atoms with E-state index >= 15 is 0 Å². The molecule has 2 heterocycles. The number of fused-ring (bicyclic) bond motifs is 1. The second kappa shape index (κ2) is 7.09. The molecule has 1 fully saturated rings. The van der Waals surface area contributed by atoms with Gasteiger partial charge in [0.2, 0.25) is 0 Å². The fraction of sp³-hybridized carbons (Fsp3) is 0.238. The minimum absolute atomic E-state index is 0.0358. The van der Waals surface area contributed by atoms with Crippen molar-refractivity contribution in [1.82, 2.24) is 4.90 Å². The molecular weight excluding hydrogens is 374 g/mol. The van der Waals surface area contributed by atoms with Crippen LogP contribution in [0.25, 0.3) is 0 Å². The third-order valence-electron chi connectivity index (χ3n) is 4.69. The lowest BCUT2D eigenvalue weighted by Crippen LogP contribution is -2.29. The smallest absolute Gasteiger partial charge is 0.269 e. The van der Waals surface area contributed by atoms with E-state index in [1.54, 1.807) is 16.7 Å². The van der Waals surface area contributed by atoms with Gasteiger partial charge < -0.3 is 4.90 Å². The third-order valence-corrected chi connectivity index (χ3v) is 7.12. The Hall–Kier alpha value is -2.18. The second-order valence-corrected chi connectivity index (χ2v) is 8.61. The van der Waals surface area contributed by atoms with Crippen molar-refractivity contribution in [2.45, 2.75) is 25.7 Å². The fourth-order valence-electron chi connectivity index (χ4n) is 3.14. The average Bonchev–Trinajstić information content (AvgIpc) is 3.15. The van der Waals surface area contributed by atoms with Gasteiger partial charge in [0.05, 0.1) is 16.4 Å². The van der Waals surface area contributed by atoms with E-state index in [-0.39, 0.29) is 5.91 Å². The molecule has 0 radical (unpaired) electrons.